The van der Waals surface area contributed by atoms with Gasteiger partial charge in [0.05, 0.1) is 5.69 Å². The molecule has 1 amide bonds. The van der Waals surface area contributed by atoms with Crippen LogP contribution in [0, 0.1) is 0 Å². The molecule has 2 aromatic heterocycles. The van der Waals surface area contributed by atoms with Gasteiger partial charge >= 0.3 is 0 Å². The van der Waals surface area contributed by atoms with Gasteiger partial charge in [0, 0.05) is 18.9 Å². The lowest BCUT2D eigenvalue weighted by atomic mass is 10.1. The van der Waals surface area contributed by atoms with Crippen molar-refractivity contribution in [1.29, 1.82) is 0 Å². The van der Waals surface area contributed by atoms with E-state index in [9.17, 15) is 4.79 Å². The Bertz CT molecular complexity index is 791. The van der Waals surface area contributed by atoms with Crippen molar-refractivity contribution in [2.24, 2.45) is 0 Å². The Morgan fingerprint density at radius 2 is 1.88 bits per heavy atom. The number of hydrogen-bond acceptors (Lipinski definition) is 3. The highest BCUT2D eigenvalue weighted by molar-refractivity contribution is 7.16. The summed E-state index contributed by atoms with van der Waals surface area (Å²) in [5.41, 5.74) is 2.08. The fourth-order valence-electron chi connectivity index (χ4n) is 2.49. The summed E-state index contributed by atoms with van der Waals surface area (Å²) >= 11 is 1.44. The summed E-state index contributed by atoms with van der Waals surface area (Å²) in [5, 5.41) is 3.85. The van der Waals surface area contributed by atoms with E-state index in [4.69, 9.17) is 0 Å². The summed E-state index contributed by atoms with van der Waals surface area (Å²) in [7, 11) is 0. The number of rotatable bonds is 6. The molecular formula is C19H21N3OS. The number of thiazole rings is 1. The highest BCUT2D eigenvalue weighted by atomic mass is 32.1. The molecule has 0 radical (unpaired) electrons. The van der Waals surface area contributed by atoms with Gasteiger partial charge in [0.2, 0.25) is 0 Å². The monoisotopic (exact) mass is 339 g/mol. The maximum absolute atomic E-state index is 12.6. The summed E-state index contributed by atoms with van der Waals surface area (Å²) in [6.07, 6.45) is 4.72. The highest BCUT2D eigenvalue weighted by Gasteiger charge is 2.20. The topological polar surface area (TPSA) is 46.9 Å². The third-order valence-corrected chi connectivity index (χ3v) is 4.85. The van der Waals surface area contributed by atoms with Crippen molar-refractivity contribution in [1.82, 2.24) is 14.9 Å². The fourth-order valence-corrected chi connectivity index (χ4v) is 3.60. The van der Waals surface area contributed by atoms with Crippen molar-refractivity contribution in [2.45, 2.75) is 26.2 Å². The molecule has 0 fully saturated rings. The van der Waals surface area contributed by atoms with Crippen LogP contribution in [0.5, 0.6) is 0 Å². The van der Waals surface area contributed by atoms with Gasteiger partial charge in [-0.15, -0.1) is 0 Å². The van der Waals surface area contributed by atoms with Crippen molar-refractivity contribution < 1.29 is 4.79 Å². The molecule has 1 N–H and O–H groups in total. The van der Waals surface area contributed by atoms with Crippen LogP contribution in [0.4, 0.5) is 0 Å². The second-order valence-electron chi connectivity index (χ2n) is 5.95. The molecule has 0 unspecified atom stereocenters. The predicted molar refractivity (Wildman–Crippen MR) is 98.0 cm³/mol. The smallest absolute Gasteiger partial charge is 0.263 e. The minimum atomic E-state index is -0.0365. The molecule has 24 heavy (non-hydrogen) atoms. The van der Waals surface area contributed by atoms with E-state index >= 15 is 0 Å². The Kier molecular flexibility index (Phi) is 5.11. The number of carbonyl (C=O) groups is 1. The van der Waals surface area contributed by atoms with Gasteiger partial charge in [-0.1, -0.05) is 55.5 Å². The highest BCUT2D eigenvalue weighted by Crippen LogP contribution is 2.27. The van der Waals surface area contributed by atoms with E-state index < -0.39 is 0 Å². The zero-order valence-corrected chi connectivity index (χ0v) is 14.7. The molecule has 3 aromatic rings. The summed E-state index contributed by atoms with van der Waals surface area (Å²) in [4.78, 5) is 18.0. The lowest BCUT2D eigenvalue weighted by molar-refractivity contribution is 0.0956. The second kappa shape index (κ2) is 7.45. The van der Waals surface area contributed by atoms with E-state index in [0.717, 1.165) is 17.2 Å². The Morgan fingerprint density at radius 3 is 2.54 bits per heavy atom. The Balaban J connectivity index is 1.71. The van der Waals surface area contributed by atoms with Gasteiger partial charge in [0.15, 0.2) is 5.13 Å². The predicted octanol–water partition coefficient (Wildman–Crippen LogP) is 4.03. The molecule has 0 saturated heterocycles. The first-order valence-electron chi connectivity index (χ1n) is 8.11. The van der Waals surface area contributed by atoms with Gasteiger partial charge in [0.25, 0.3) is 5.91 Å². The van der Waals surface area contributed by atoms with Gasteiger partial charge in [-0.2, -0.15) is 0 Å². The normalized spacial score (nSPS) is 11.0. The summed E-state index contributed by atoms with van der Waals surface area (Å²) in [5.74, 6) is 0.172. The molecule has 2 heterocycles. The van der Waals surface area contributed by atoms with Crippen molar-refractivity contribution in [3.8, 4) is 5.13 Å². The first-order chi connectivity index (χ1) is 11.6. The van der Waals surface area contributed by atoms with Crippen LogP contribution in [0.2, 0.25) is 0 Å². The van der Waals surface area contributed by atoms with E-state index in [1.165, 1.54) is 16.9 Å². The van der Waals surface area contributed by atoms with Crippen LogP contribution in [-0.4, -0.2) is 22.0 Å². The zero-order chi connectivity index (χ0) is 16.9. The molecule has 0 bridgehead atoms. The fraction of sp³-hybridized carbons (Fsp3) is 0.263. The van der Waals surface area contributed by atoms with Crippen molar-refractivity contribution in [3.05, 3.63) is 71.0 Å². The number of amides is 1. The second-order valence-corrected chi connectivity index (χ2v) is 6.92. The van der Waals surface area contributed by atoms with Gasteiger partial charge in [-0.3, -0.25) is 4.79 Å². The summed E-state index contributed by atoms with van der Waals surface area (Å²) in [6, 6.07) is 14.1. The standard InChI is InChI=1S/C19H21N3OS/c1-14(2)16-17(24-19(21-16)22-12-6-7-13-22)18(23)20-11-10-15-8-4-3-5-9-15/h3-9,12-14H,10-11H2,1-2H3,(H,20,23). The lowest BCUT2D eigenvalue weighted by Gasteiger charge is -2.07. The maximum atomic E-state index is 12.6. The Morgan fingerprint density at radius 1 is 1.17 bits per heavy atom. The molecule has 124 valence electrons. The van der Waals surface area contributed by atoms with E-state index in [1.807, 2.05) is 47.3 Å². The van der Waals surface area contributed by atoms with Crippen LogP contribution in [-0.2, 0) is 6.42 Å². The molecule has 0 spiro atoms. The molecule has 0 saturated carbocycles. The van der Waals surface area contributed by atoms with Crippen LogP contribution in [0.25, 0.3) is 5.13 Å². The van der Waals surface area contributed by atoms with Crippen LogP contribution in [0.1, 0.15) is 40.7 Å². The van der Waals surface area contributed by atoms with Crippen LogP contribution < -0.4 is 5.32 Å². The van der Waals surface area contributed by atoms with Crippen molar-refractivity contribution in [2.75, 3.05) is 6.54 Å². The van der Waals surface area contributed by atoms with Crippen molar-refractivity contribution in [3.63, 3.8) is 0 Å². The van der Waals surface area contributed by atoms with Crippen molar-refractivity contribution >= 4 is 17.2 Å². The third kappa shape index (κ3) is 3.74. The molecule has 0 aliphatic carbocycles. The third-order valence-electron chi connectivity index (χ3n) is 3.76. The van der Waals surface area contributed by atoms with Gasteiger partial charge in [0.1, 0.15) is 4.88 Å². The molecule has 0 aliphatic heterocycles. The number of nitrogens with one attached hydrogen (secondary N) is 1. The number of nitrogens with zero attached hydrogens (tertiary/aromatic N) is 2. The molecular weight excluding hydrogens is 318 g/mol. The first kappa shape index (κ1) is 16.5. The molecule has 3 rings (SSSR count). The molecule has 0 atom stereocenters. The molecule has 0 aliphatic rings. The molecule has 5 heteroatoms. The van der Waals surface area contributed by atoms with E-state index in [1.54, 1.807) is 0 Å². The first-order valence-corrected chi connectivity index (χ1v) is 8.93. The minimum absolute atomic E-state index is 0.0365. The van der Waals surface area contributed by atoms with Gasteiger partial charge in [-0.05, 0) is 30.0 Å². The number of aromatic nitrogens is 2. The lowest BCUT2D eigenvalue weighted by Crippen LogP contribution is -2.26. The molecule has 1 aromatic carbocycles. The van der Waals surface area contributed by atoms with Crippen LogP contribution >= 0.6 is 11.3 Å². The Labute approximate surface area is 146 Å². The Hall–Kier alpha value is -2.40. The van der Waals surface area contributed by atoms with Gasteiger partial charge in [-0.25, -0.2) is 4.98 Å². The average molecular weight is 339 g/mol. The average Bonchev–Trinajstić information content (AvgIpc) is 3.25. The van der Waals surface area contributed by atoms with E-state index in [-0.39, 0.29) is 11.8 Å². The van der Waals surface area contributed by atoms with E-state index in [0.29, 0.717) is 11.4 Å². The van der Waals surface area contributed by atoms with Gasteiger partial charge < -0.3 is 9.88 Å². The summed E-state index contributed by atoms with van der Waals surface area (Å²) < 4.78 is 1.94. The maximum Gasteiger partial charge on any atom is 0.263 e. The number of benzene rings is 1. The summed E-state index contributed by atoms with van der Waals surface area (Å²) in [6.45, 7) is 4.75. The van der Waals surface area contributed by atoms with Crippen LogP contribution in [0.3, 0.4) is 0 Å². The number of carbonyl (C=O) groups excluding carboxylic acids is 1. The quantitative estimate of drug-likeness (QED) is 0.737. The minimum Gasteiger partial charge on any atom is -0.351 e. The largest absolute Gasteiger partial charge is 0.351 e. The SMILES string of the molecule is CC(C)c1nc(-n2cccc2)sc1C(=O)NCCc1ccccc1. The van der Waals surface area contributed by atoms with Crippen LogP contribution in [0.15, 0.2) is 54.9 Å². The van der Waals surface area contributed by atoms with E-state index in [2.05, 4.69) is 36.3 Å². The number of hydrogen-bond donors (Lipinski definition) is 1. The molecule has 4 nitrogen and oxygen atoms in total. The zero-order valence-electron chi connectivity index (χ0n) is 13.9.